The van der Waals surface area contributed by atoms with Crippen LogP contribution in [-0.4, -0.2) is 20.6 Å². The topological polar surface area (TPSA) is 79.8 Å². The third kappa shape index (κ3) is 3.91. The van der Waals surface area contributed by atoms with Gasteiger partial charge in [0.05, 0.1) is 16.7 Å². The molecule has 0 spiro atoms. The molecule has 2 amide bonds. The number of rotatable bonds is 4. The van der Waals surface area contributed by atoms with E-state index in [1.165, 1.54) is 11.5 Å². The van der Waals surface area contributed by atoms with Crippen LogP contribution in [0, 0.1) is 6.92 Å². The third-order valence-corrected chi connectivity index (χ3v) is 4.52. The minimum absolute atomic E-state index is 0.139. The maximum Gasteiger partial charge on any atom is 0.319 e. The van der Waals surface area contributed by atoms with E-state index in [0.717, 1.165) is 27.6 Å². The van der Waals surface area contributed by atoms with Gasteiger partial charge in [-0.25, -0.2) is 9.78 Å². The van der Waals surface area contributed by atoms with Crippen LogP contribution in [0.25, 0.3) is 11.3 Å². The van der Waals surface area contributed by atoms with Gasteiger partial charge in [0.25, 0.3) is 0 Å². The van der Waals surface area contributed by atoms with Crippen molar-refractivity contribution in [3.05, 3.63) is 45.7 Å². The highest BCUT2D eigenvalue weighted by Crippen LogP contribution is 2.20. The lowest BCUT2D eigenvalue weighted by Gasteiger charge is -2.13. The number of hydrogen-bond donors (Lipinski definition) is 2. The van der Waals surface area contributed by atoms with Gasteiger partial charge in [0.1, 0.15) is 5.69 Å². The molecule has 118 valence electrons. The van der Waals surface area contributed by atoms with Crippen LogP contribution in [0.3, 0.4) is 0 Å². The van der Waals surface area contributed by atoms with Gasteiger partial charge < -0.3 is 10.6 Å². The Hall–Kier alpha value is -2.32. The zero-order chi connectivity index (χ0) is 16.2. The lowest BCUT2D eigenvalue weighted by Crippen LogP contribution is -2.31. The molecular weight excluding hydrogens is 330 g/mol. The Morgan fingerprint density at radius 1 is 1.22 bits per heavy atom. The van der Waals surface area contributed by atoms with Gasteiger partial charge in [-0.3, -0.25) is 0 Å². The van der Waals surface area contributed by atoms with Gasteiger partial charge in [-0.05, 0) is 37.5 Å². The van der Waals surface area contributed by atoms with Crippen LogP contribution in [0.2, 0.25) is 0 Å². The minimum atomic E-state index is -0.258. The standard InChI is InChI=1S/C15H15N5OS2/c1-9(13-7-22-10(2)17-13)16-15(21)18-12-5-3-11(4-6-12)14-8-23-20-19-14/h3-9H,1-2H3,(H2,16,18,21). The second-order valence-corrected chi connectivity index (χ2v) is 6.65. The Morgan fingerprint density at radius 2 is 2.00 bits per heavy atom. The van der Waals surface area contributed by atoms with Crippen LogP contribution < -0.4 is 10.6 Å². The van der Waals surface area contributed by atoms with Gasteiger partial charge in [0.2, 0.25) is 0 Å². The van der Waals surface area contributed by atoms with Crippen molar-refractivity contribution in [3.63, 3.8) is 0 Å². The van der Waals surface area contributed by atoms with Crippen molar-refractivity contribution in [2.24, 2.45) is 0 Å². The van der Waals surface area contributed by atoms with Crippen molar-refractivity contribution in [1.29, 1.82) is 0 Å². The highest BCUT2D eigenvalue weighted by atomic mass is 32.1. The largest absolute Gasteiger partial charge is 0.330 e. The average Bonchev–Trinajstić information content (AvgIpc) is 3.19. The number of aromatic nitrogens is 3. The lowest BCUT2D eigenvalue weighted by molar-refractivity contribution is 0.249. The smallest absolute Gasteiger partial charge is 0.319 e. The third-order valence-electron chi connectivity index (χ3n) is 3.23. The molecule has 0 saturated heterocycles. The Bertz CT molecular complexity index is 783. The Kier molecular flexibility index (Phi) is 4.63. The van der Waals surface area contributed by atoms with E-state index in [1.54, 1.807) is 11.3 Å². The molecule has 8 heteroatoms. The van der Waals surface area contributed by atoms with Crippen LogP contribution in [0.15, 0.2) is 35.0 Å². The van der Waals surface area contributed by atoms with Crippen molar-refractivity contribution >= 4 is 34.6 Å². The normalized spacial score (nSPS) is 11.9. The van der Waals surface area contributed by atoms with E-state index >= 15 is 0 Å². The molecule has 3 aromatic rings. The maximum atomic E-state index is 12.0. The molecule has 0 radical (unpaired) electrons. The summed E-state index contributed by atoms with van der Waals surface area (Å²) in [4.78, 5) is 16.4. The van der Waals surface area contributed by atoms with E-state index in [0.29, 0.717) is 0 Å². The molecule has 23 heavy (non-hydrogen) atoms. The fourth-order valence-electron chi connectivity index (χ4n) is 2.03. The first-order chi connectivity index (χ1) is 11.1. The second-order valence-electron chi connectivity index (χ2n) is 4.98. The first kappa shape index (κ1) is 15.6. The van der Waals surface area contributed by atoms with E-state index in [1.807, 2.05) is 48.9 Å². The summed E-state index contributed by atoms with van der Waals surface area (Å²) in [6.07, 6.45) is 0. The average molecular weight is 345 g/mol. The predicted octanol–water partition coefficient (Wildman–Crippen LogP) is 3.85. The van der Waals surface area contributed by atoms with E-state index in [4.69, 9.17) is 0 Å². The zero-order valence-electron chi connectivity index (χ0n) is 12.6. The summed E-state index contributed by atoms with van der Waals surface area (Å²) in [5.74, 6) is 0. The molecule has 3 rings (SSSR count). The number of hydrogen-bond acceptors (Lipinski definition) is 6. The molecule has 2 heterocycles. The molecule has 0 saturated carbocycles. The SMILES string of the molecule is Cc1nc(C(C)NC(=O)Nc2ccc(-c3csnn3)cc2)cs1. The number of nitrogens with zero attached hydrogens (tertiary/aromatic N) is 3. The van der Waals surface area contributed by atoms with Crippen LogP contribution in [-0.2, 0) is 0 Å². The highest BCUT2D eigenvalue weighted by Gasteiger charge is 2.12. The summed E-state index contributed by atoms with van der Waals surface area (Å²) >= 11 is 2.88. The number of amides is 2. The molecule has 1 atom stereocenters. The molecule has 0 bridgehead atoms. The molecule has 0 aliphatic heterocycles. The van der Waals surface area contributed by atoms with Crippen LogP contribution in [0.5, 0.6) is 0 Å². The van der Waals surface area contributed by atoms with Crippen LogP contribution >= 0.6 is 22.9 Å². The van der Waals surface area contributed by atoms with Crippen molar-refractivity contribution in [2.45, 2.75) is 19.9 Å². The molecule has 1 aromatic carbocycles. The number of carbonyl (C=O) groups excluding carboxylic acids is 1. The number of aryl methyl sites for hydroxylation is 1. The van der Waals surface area contributed by atoms with Crippen molar-refractivity contribution in [3.8, 4) is 11.3 Å². The summed E-state index contributed by atoms with van der Waals surface area (Å²) < 4.78 is 3.84. The zero-order valence-corrected chi connectivity index (χ0v) is 14.2. The quantitative estimate of drug-likeness (QED) is 0.752. The Balaban J connectivity index is 1.59. The molecule has 0 aliphatic carbocycles. The lowest BCUT2D eigenvalue weighted by atomic mass is 10.1. The van der Waals surface area contributed by atoms with E-state index in [-0.39, 0.29) is 12.1 Å². The minimum Gasteiger partial charge on any atom is -0.330 e. The summed E-state index contributed by atoms with van der Waals surface area (Å²) in [5.41, 5.74) is 3.39. The summed E-state index contributed by atoms with van der Waals surface area (Å²) in [6, 6.07) is 7.09. The molecular formula is C15H15N5OS2. The molecule has 2 aromatic heterocycles. The molecule has 0 aliphatic rings. The fourth-order valence-corrected chi connectivity index (χ4v) is 3.20. The van der Waals surface area contributed by atoms with E-state index in [9.17, 15) is 4.79 Å². The Labute approximate surface area is 141 Å². The Morgan fingerprint density at radius 3 is 2.61 bits per heavy atom. The van der Waals surface area contributed by atoms with Crippen LogP contribution in [0.1, 0.15) is 23.7 Å². The summed E-state index contributed by atoms with van der Waals surface area (Å²) in [7, 11) is 0. The summed E-state index contributed by atoms with van der Waals surface area (Å²) in [6.45, 7) is 3.85. The van der Waals surface area contributed by atoms with E-state index in [2.05, 4.69) is 25.2 Å². The predicted molar refractivity (Wildman–Crippen MR) is 92.8 cm³/mol. The number of thiazole rings is 1. The van der Waals surface area contributed by atoms with Gasteiger partial charge in [-0.15, -0.1) is 16.4 Å². The second kappa shape index (κ2) is 6.84. The molecule has 0 fully saturated rings. The maximum absolute atomic E-state index is 12.0. The van der Waals surface area contributed by atoms with Crippen molar-refractivity contribution in [2.75, 3.05) is 5.32 Å². The number of nitrogens with one attached hydrogen (secondary N) is 2. The fraction of sp³-hybridized carbons (Fsp3) is 0.200. The van der Waals surface area contributed by atoms with Gasteiger partial charge in [-0.2, -0.15) is 0 Å². The van der Waals surface area contributed by atoms with E-state index < -0.39 is 0 Å². The molecule has 2 N–H and O–H groups in total. The van der Waals surface area contributed by atoms with Gasteiger partial charge in [0, 0.05) is 22.0 Å². The number of carbonyl (C=O) groups is 1. The molecule has 1 unspecified atom stereocenters. The monoisotopic (exact) mass is 345 g/mol. The highest BCUT2D eigenvalue weighted by molar-refractivity contribution is 7.09. The number of urea groups is 1. The molecule has 6 nitrogen and oxygen atoms in total. The summed E-state index contributed by atoms with van der Waals surface area (Å²) in [5, 5.41) is 14.5. The van der Waals surface area contributed by atoms with Gasteiger partial charge in [-0.1, -0.05) is 16.6 Å². The number of anilines is 1. The van der Waals surface area contributed by atoms with Crippen LogP contribution in [0.4, 0.5) is 10.5 Å². The first-order valence-corrected chi connectivity index (χ1v) is 8.70. The van der Waals surface area contributed by atoms with Crippen molar-refractivity contribution < 1.29 is 4.79 Å². The van der Waals surface area contributed by atoms with Crippen molar-refractivity contribution in [1.82, 2.24) is 19.9 Å². The van der Waals surface area contributed by atoms with Gasteiger partial charge >= 0.3 is 6.03 Å². The first-order valence-electron chi connectivity index (χ1n) is 6.99. The number of benzene rings is 1. The van der Waals surface area contributed by atoms with Gasteiger partial charge in [0.15, 0.2) is 0 Å².